The van der Waals surface area contributed by atoms with Gasteiger partial charge < -0.3 is 4.90 Å². The molecular formula is C11H10ClNO2. The molecule has 2 rings (SSSR count). The average Bonchev–Trinajstić information content (AvgIpc) is 2.53. The average molecular weight is 224 g/mol. The van der Waals surface area contributed by atoms with Crippen LogP contribution in [-0.4, -0.2) is 18.2 Å². The van der Waals surface area contributed by atoms with E-state index in [2.05, 4.69) is 0 Å². The molecule has 0 bridgehead atoms. The molecule has 0 spiro atoms. The van der Waals surface area contributed by atoms with Crippen LogP contribution in [0.3, 0.4) is 0 Å². The van der Waals surface area contributed by atoms with E-state index in [0.29, 0.717) is 18.0 Å². The maximum absolute atomic E-state index is 11.5. The molecule has 0 atom stereocenters. The Bertz CT molecular complexity index is 442. The number of halogens is 1. The maximum atomic E-state index is 11.5. The van der Waals surface area contributed by atoms with Crippen LogP contribution < -0.4 is 4.90 Å². The van der Waals surface area contributed by atoms with E-state index in [-0.39, 0.29) is 5.78 Å². The zero-order chi connectivity index (χ0) is 11.0. The highest BCUT2D eigenvalue weighted by molar-refractivity contribution is 6.44. The van der Waals surface area contributed by atoms with Gasteiger partial charge in [0, 0.05) is 23.7 Å². The predicted octanol–water partition coefficient (Wildman–Crippen LogP) is 1.95. The Labute approximate surface area is 92.6 Å². The first-order valence-electron chi connectivity index (χ1n) is 4.71. The number of Topliss-reactive ketones (excluding diaryl/α,β-unsaturated/α-hetero) is 1. The fraction of sp³-hybridized carbons (Fsp3) is 0.273. The first-order valence-corrected chi connectivity index (χ1v) is 5.09. The number of ketones is 1. The van der Waals surface area contributed by atoms with Crippen molar-refractivity contribution in [3.05, 3.63) is 28.8 Å². The first kappa shape index (κ1) is 10.2. The minimum Gasteiger partial charge on any atom is -0.305 e. The molecule has 0 aliphatic carbocycles. The molecule has 1 heterocycles. The number of anilines is 1. The highest BCUT2D eigenvalue weighted by Crippen LogP contribution is 2.28. The second-order valence-electron chi connectivity index (χ2n) is 3.51. The molecule has 1 saturated heterocycles. The van der Waals surface area contributed by atoms with Gasteiger partial charge in [0.25, 0.3) is 5.91 Å². The standard InChI is InChI=1S/C11H10ClNO2/c1-7-8(12)3-2-4-9(7)13-6-5-10(14)11(13)15/h2-4H,5-6H2,1H3. The van der Waals surface area contributed by atoms with Gasteiger partial charge in [-0.25, -0.2) is 0 Å². The Morgan fingerprint density at radius 2 is 2.07 bits per heavy atom. The molecule has 1 fully saturated rings. The van der Waals surface area contributed by atoms with Gasteiger partial charge in [-0.2, -0.15) is 0 Å². The number of hydrogen-bond donors (Lipinski definition) is 0. The molecule has 0 N–H and O–H groups in total. The summed E-state index contributed by atoms with van der Waals surface area (Å²) >= 11 is 5.95. The summed E-state index contributed by atoms with van der Waals surface area (Å²) in [6.45, 7) is 2.30. The van der Waals surface area contributed by atoms with Gasteiger partial charge in [0.15, 0.2) is 0 Å². The third kappa shape index (κ3) is 1.63. The van der Waals surface area contributed by atoms with E-state index in [1.807, 2.05) is 6.92 Å². The van der Waals surface area contributed by atoms with Crippen LogP contribution in [0.4, 0.5) is 5.69 Å². The summed E-state index contributed by atoms with van der Waals surface area (Å²) in [6, 6.07) is 5.35. The fourth-order valence-electron chi connectivity index (χ4n) is 1.69. The van der Waals surface area contributed by atoms with Gasteiger partial charge in [-0.15, -0.1) is 0 Å². The smallest absolute Gasteiger partial charge is 0.294 e. The van der Waals surface area contributed by atoms with Crippen LogP contribution >= 0.6 is 11.6 Å². The van der Waals surface area contributed by atoms with Crippen molar-refractivity contribution >= 4 is 29.0 Å². The molecule has 1 aliphatic rings. The molecule has 0 saturated carbocycles. The third-order valence-corrected chi connectivity index (χ3v) is 2.99. The van der Waals surface area contributed by atoms with Crippen LogP contribution in [0.25, 0.3) is 0 Å². The van der Waals surface area contributed by atoms with Crippen molar-refractivity contribution in [3.63, 3.8) is 0 Å². The third-order valence-electron chi connectivity index (χ3n) is 2.58. The Morgan fingerprint density at radius 3 is 2.67 bits per heavy atom. The van der Waals surface area contributed by atoms with Crippen molar-refractivity contribution in [3.8, 4) is 0 Å². The second kappa shape index (κ2) is 3.66. The molecule has 4 heteroatoms. The van der Waals surface area contributed by atoms with Crippen molar-refractivity contribution < 1.29 is 9.59 Å². The zero-order valence-corrected chi connectivity index (χ0v) is 9.04. The van der Waals surface area contributed by atoms with E-state index in [1.54, 1.807) is 18.2 Å². The van der Waals surface area contributed by atoms with E-state index >= 15 is 0 Å². The lowest BCUT2D eigenvalue weighted by Crippen LogP contribution is -2.27. The number of amides is 1. The summed E-state index contributed by atoms with van der Waals surface area (Å²) in [5, 5.41) is 0.611. The van der Waals surface area contributed by atoms with Crippen LogP contribution in [0.2, 0.25) is 5.02 Å². The topological polar surface area (TPSA) is 37.4 Å². The number of carbonyl (C=O) groups is 2. The van der Waals surface area contributed by atoms with E-state index in [1.165, 1.54) is 4.90 Å². The van der Waals surface area contributed by atoms with E-state index < -0.39 is 5.91 Å². The lowest BCUT2D eigenvalue weighted by molar-refractivity contribution is -0.133. The van der Waals surface area contributed by atoms with E-state index in [4.69, 9.17) is 11.6 Å². The van der Waals surface area contributed by atoms with E-state index in [9.17, 15) is 9.59 Å². The minimum absolute atomic E-state index is 0.296. The summed E-state index contributed by atoms with van der Waals surface area (Å²) < 4.78 is 0. The monoisotopic (exact) mass is 223 g/mol. The zero-order valence-electron chi connectivity index (χ0n) is 8.29. The Kier molecular flexibility index (Phi) is 2.49. The molecule has 1 aromatic carbocycles. The van der Waals surface area contributed by atoms with Gasteiger partial charge in [0.05, 0.1) is 0 Å². The lowest BCUT2D eigenvalue weighted by Gasteiger charge is -2.17. The van der Waals surface area contributed by atoms with Crippen molar-refractivity contribution in [1.82, 2.24) is 0 Å². The molecule has 78 valence electrons. The number of hydrogen-bond acceptors (Lipinski definition) is 2. The van der Waals surface area contributed by atoms with Crippen LogP contribution in [0.1, 0.15) is 12.0 Å². The highest BCUT2D eigenvalue weighted by atomic mass is 35.5. The van der Waals surface area contributed by atoms with Gasteiger partial charge >= 0.3 is 0 Å². The fourth-order valence-corrected chi connectivity index (χ4v) is 1.86. The van der Waals surface area contributed by atoms with Crippen molar-refractivity contribution in [2.24, 2.45) is 0 Å². The molecule has 0 radical (unpaired) electrons. The van der Waals surface area contributed by atoms with Crippen LogP contribution in [0.15, 0.2) is 18.2 Å². The predicted molar refractivity (Wildman–Crippen MR) is 58.2 cm³/mol. The van der Waals surface area contributed by atoms with Gasteiger partial charge in [-0.1, -0.05) is 17.7 Å². The second-order valence-corrected chi connectivity index (χ2v) is 3.92. The molecule has 1 aliphatic heterocycles. The summed E-state index contributed by atoms with van der Waals surface area (Å²) in [4.78, 5) is 24.1. The number of nitrogens with zero attached hydrogens (tertiary/aromatic N) is 1. The molecule has 15 heavy (non-hydrogen) atoms. The lowest BCUT2D eigenvalue weighted by atomic mass is 10.2. The van der Waals surface area contributed by atoms with Crippen molar-refractivity contribution in [2.45, 2.75) is 13.3 Å². The summed E-state index contributed by atoms with van der Waals surface area (Å²) in [5.41, 5.74) is 1.57. The van der Waals surface area contributed by atoms with Gasteiger partial charge in [0.1, 0.15) is 0 Å². The van der Waals surface area contributed by atoms with Crippen molar-refractivity contribution in [1.29, 1.82) is 0 Å². The highest BCUT2D eigenvalue weighted by Gasteiger charge is 2.31. The normalized spacial score (nSPS) is 16.3. The first-order chi connectivity index (χ1) is 7.11. The summed E-state index contributed by atoms with van der Waals surface area (Å²) in [5.74, 6) is -0.755. The molecular weight excluding hydrogens is 214 g/mol. The summed E-state index contributed by atoms with van der Waals surface area (Å²) in [7, 11) is 0. The summed E-state index contributed by atoms with van der Waals surface area (Å²) in [6.07, 6.45) is 0.296. The number of rotatable bonds is 1. The Hall–Kier alpha value is -1.35. The molecule has 0 aromatic heterocycles. The Balaban J connectivity index is 2.43. The van der Waals surface area contributed by atoms with Crippen LogP contribution in [0, 0.1) is 6.92 Å². The molecule has 1 amide bonds. The molecule has 0 unspecified atom stereocenters. The minimum atomic E-state index is -0.430. The van der Waals surface area contributed by atoms with Gasteiger partial charge in [-0.3, -0.25) is 9.59 Å². The number of benzene rings is 1. The largest absolute Gasteiger partial charge is 0.305 e. The van der Waals surface area contributed by atoms with E-state index in [0.717, 1.165) is 11.3 Å². The van der Waals surface area contributed by atoms with Gasteiger partial charge in [0.2, 0.25) is 5.78 Å². The Morgan fingerprint density at radius 1 is 1.33 bits per heavy atom. The SMILES string of the molecule is Cc1c(Cl)cccc1N1CCC(=O)C1=O. The number of carbonyl (C=O) groups excluding carboxylic acids is 2. The van der Waals surface area contributed by atoms with Crippen LogP contribution in [-0.2, 0) is 9.59 Å². The maximum Gasteiger partial charge on any atom is 0.294 e. The van der Waals surface area contributed by atoms with Crippen LogP contribution in [0.5, 0.6) is 0 Å². The van der Waals surface area contributed by atoms with Gasteiger partial charge in [-0.05, 0) is 24.6 Å². The van der Waals surface area contributed by atoms with Crippen molar-refractivity contribution in [2.75, 3.05) is 11.4 Å². The quantitative estimate of drug-likeness (QED) is 0.683. The molecule has 1 aromatic rings. The molecule has 3 nitrogen and oxygen atoms in total.